The Hall–Kier alpha value is -2.28. The van der Waals surface area contributed by atoms with E-state index in [0.717, 1.165) is 10.4 Å². The monoisotopic (exact) mass is 335 g/mol. The van der Waals surface area contributed by atoms with E-state index in [1.165, 1.54) is 11.3 Å². The zero-order valence-electron chi connectivity index (χ0n) is 13.7. The summed E-state index contributed by atoms with van der Waals surface area (Å²) in [6, 6.07) is 5.24. The maximum Gasteiger partial charge on any atom is 0.321 e. The predicted molar refractivity (Wildman–Crippen MR) is 91.6 cm³/mol. The number of para-hydroxylation sites is 1. The van der Waals surface area contributed by atoms with Gasteiger partial charge in [0.05, 0.1) is 14.2 Å². The van der Waals surface area contributed by atoms with E-state index in [1.54, 1.807) is 20.4 Å². The normalized spacial score (nSPS) is 10.5. The lowest BCUT2D eigenvalue weighted by atomic mass is 10.2. The molecule has 2 rings (SSSR count). The SMILES string of the molecule is COc1cccc(CNC(=O)Nc2ncc(C(C)C)s2)c1OC. The van der Waals surface area contributed by atoms with Gasteiger partial charge in [0.2, 0.25) is 0 Å². The molecule has 0 aliphatic carbocycles. The standard InChI is InChI=1S/C16H21N3O3S/c1-10(2)13-9-18-16(23-13)19-15(20)17-8-11-6-5-7-12(21-3)14(11)22-4/h5-7,9-10H,8H2,1-4H3,(H2,17,18,19,20). The van der Waals surface area contributed by atoms with Crippen LogP contribution in [0.15, 0.2) is 24.4 Å². The van der Waals surface area contributed by atoms with Crippen LogP contribution in [0, 0.1) is 0 Å². The van der Waals surface area contributed by atoms with Gasteiger partial charge in [-0.2, -0.15) is 0 Å². The number of anilines is 1. The first-order chi connectivity index (χ1) is 11.0. The largest absolute Gasteiger partial charge is 0.493 e. The molecule has 0 aliphatic heterocycles. The average molecular weight is 335 g/mol. The molecule has 2 aromatic rings. The van der Waals surface area contributed by atoms with Crippen LogP contribution in [0.3, 0.4) is 0 Å². The number of aromatic nitrogens is 1. The van der Waals surface area contributed by atoms with Crippen LogP contribution < -0.4 is 20.1 Å². The minimum Gasteiger partial charge on any atom is -0.493 e. The molecule has 1 aromatic carbocycles. The van der Waals surface area contributed by atoms with Gasteiger partial charge in [0, 0.05) is 23.2 Å². The minimum atomic E-state index is -0.306. The van der Waals surface area contributed by atoms with Crippen molar-refractivity contribution in [2.75, 3.05) is 19.5 Å². The summed E-state index contributed by atoms with van der Waals surface area (Å²) in [6.45, 7) is 4.51. The number of hydrogen-bond acceptors (Lipinski definition) is 5. The number of nitrogens with one attached hydrogen (secondary N) is 2. The second-order valence-corrected chi connectivity index (χ2v) is 6.25. The quantitative estimate of drug-likeness (QED) is 0.846. The number of benzene rings is 1. The van der Waals surface area contributed by atoms with Crippen molar-refractivity contribution in [2.45, 2.75) is 26.3 Å². The van der Waals surface area contributed by atoms with E-state index in [2.05, 4.69) is 29.5 Å². The Morgan fingerprint density at radius 1 is 1.30 bits per heavy atom. The number of ether oxygens (including phenoxy) is 2. The van der Waals surface area contributed by atoms with Gasteiger partial charge in [0.1, 0.15) is 0 Å². The van der Waals surface area contributed by atoms with Gasteiger partial charge in [-0.15, -0.1) is 11.3 Å². The van der Waals surface area contributed by atoms with Gasteiger partial charge < -0.3 is 14.8 Å². The van der Waals surface area contributed by atoms with Crippen molar-refractivity contribution < 1.29 is 14.3 Å². The van der Waals surface area contributed by atoms with E-state index in [4.69, 9.17) is 9.47 Å². The molecule has 0 atom stereocenters. The molecule has 23 heavy (non-hydrogen) atoms. The molecule has 0 saturated carbocycles. The maximum absolute atomic E-state index is 12.0. The van der Waals surface area contributed by atoms with Crippen molar-refractivity contribution in [2.24, 2.45) is 0 Å². The van der Waals surface area contributed by atoms with Gasteiger partial charge in [-0.25, -0.2) is 9.78 Å². The molecule has 124 valence electrons. The van der Waals surface area contributed by atoms with Crippen LogP contribution in [0.4, 0.5) is 9.93 Å². The number of urea groups is 1. The van der Waals surface area contributed by atoms with Gasteiger partial charge in [-0.05, 0) is 12.0 Å². The van der Waals surface area contributed by atoms with E-state index in [0.29, 0.717) is 29.1 Å². The molecular weight excluding hydrogens is 314 g/mol. The minimum absolute atomic E-state index is 0.306. The van der Waals surface area contributed by atoms with E-state index < -0.39 is 0 Å². The lowest BCUT2D eigenvalue weighted by molar-refractivity contribution is 0.251. The van der Waals surface area contributed by atoms with Crippen molar-refractivity contribution in [3.8, 4) is 11.5 Å². The predicted octanol–water partition coefficient (Wildman–Crippen LogP) is 3.61. The molecule has 0 aliphatic rings. The first kappa shape index (κ1) is 17.1. The lowest BCUT2D eigenvalue weighted by Crippen LogP contribution is -2.28. The zero-order chi connectivity index (χ0) is 16.8. The molecule has 1 aromatic heterocycles. The number of amides is 2. The fourth-order valence-corrected chi connectivity index (χ4v) is 2.83. The Labute approximate surface area is 139 Å². The van der Waals surface area contributed by atoms with Crippen molar-refractivity contribution in [1.82, 2.24) is 10.3 Å². The summed E-state index contributed by atoms with van der Waals surface area (Å²) in [7, 11) is 3.15. The smallest absolute Gasteiger partial charge is 0.321 e. The van der Waals surface area contributed by atoms with Crippen molar-refractivity contribution in [3.63, 3.8) is 0 Å². The molecular formula is C16H21N3O3S. The summed E-state index contributed by atoms with van der Waals surface area (Å²) in [5.41, 5.74) is 0.837. The summed E-state index contributed by atoms with van der Waals surface area (Å²) in [6.07, 6.45) is 1.79. The number of methoxy groups -OCH3 is 2. The number of nitrogens with zero attached hydrogens (tertiary/aromatic N) is 1. The van der Waals surface area contributed by atoms with Crippen LogP contribution in [-0.2, 0) is 6.54 Å². The highest BCUT2D eigenvalue weighted by Crippen LogP contribution is 2.30. The fourth-order valence-electron chi connectivity index (χ4n) is 2.02. The van der Waals surface area contributed by atoms with E-state index in [-0.39, 0.29) is 6.03 Å². The Morgan fingerprint density at radius 3 is 2.70 bits per heavy atom. The Bertz CT molecular complexity index is 670. The maximum atomic E-state index is 12.0. The number of carbonyl (C=O) groups is 1. The summed E-state index contributed by atoms with van der Waals surface area (Å²) < 4.78 is 10.6. The fraction of sp³-hybridized carbons (Fsp3) is 0.375. The number of thiazole rings is 1. The Balaban J connectivity index is 1.96. The van der Waals surface area contributed by atoms with Crippen molar-refractivity contribution >= 4 is 22.5 Å². The van der Waals surface area contributed by atoms with Crippen LogP contribution in [0.5, 0.6) is 11.5 Å². The molecule has 0 saturated heterocycles. The lowest BCUT2D eigenvalue weighted by Gasteiger charge is -2.13. The summed E-state index contributed by atoms with van der Waals surface area (Å²) >= 11 is 1.48. The molecule has 6 nitrogen and oxygen atoms in total. The van der Waals surface area contributed by atoms with E-state index >= 15 is 0 Å². The highest BCUT2D eigenvalue weighted by molar-refractivity contribution is 7.15. The van der Waals surface area contributed by atoms with Gasteiger partial charge >= 0.3 is 6.03 Å². The molecule has 2 N–H and O–H groups in total. The van der Waals surface area contributed by atoms with Crippen molar-refractivity contribution in [1.29, 1.82) is 0 Å². The molecule has 0 unspecified atom stereocenters. The van der Waals surface area contributed by atoms with Crippen LogP contribution in [-0.4, -0.2) is 25.2 Å². The van der Waals surface area contributed by atoms with Gasteiger partial charge in [-0.3, -0.25) is 5.32 Å². The van der Waals surface area contributed by atoms with Gasteiger partial charge in [0.15, 0.2) is 16.6 Å². The van der Waals surface area contributed by atoms with Crippen LogP contribution >= 0.6 is 11.3 Å². The number of carbonyl (C=O) groups excluding carboxylic acids is 1. The zero-order valence-corrected chi connectivity index (χ0v) is 14.5. The number of hydrogen-bond donors (Lipinski definition) is 2. The highest BCUT2D eigenvalue weighted by atomic mass is 32.1. The van der Waals surface area contributed by atoms with Gasteiger partial charge in [0.25, 0.3) is 0 Å². The van der Waals surface area contributed by atoms with E-state index in [1.807, 2.05) is 18.2 Å². The van der Waals surface area contributed by atoms with Crippen LogP contribution in [0.25, 0.3) is 0 Å². The third-order valence-electron chi connectivity index (χ3n) is 3.24. The molecule has 0 bridgehead atoms. The topological polar surface area (TPSA) is 72.5 Å². The van der Waals surface area contributed by atoms with E-state index in [9.17, 15) is 4.79 Å². The highest BCUT2D eigenvalue weighted by Gasteiger charge is 2.12. The summed E-state index contributed by atoms with van der Waals surface area (Å²) in [5, 5.41) is 6.12. The molecule has 0 spiro atoms. The van der Waals surface area contributed by atoms with Gasteiger partial charge in [-0.1, -0.05) is 26.0 Å². The number of rotatable bonds is 6. The summed E-state index contributed by atoms with van der Waals surface area (Å²) in [4.78, 5) is 17.3. The first-order valence-electron chi connectivity index (χ1n) is 7.25. The van der Waals surface area contributed by atoms with Crippen LogP contribution in [0.1, 0.15) is 30.2 Å². The molecule has 0 fully saturated rings. The second kappa shape index (κ2) is 7.82. The average Bonchev–Trinajstić information content (AvgIpc) is 3.01. The third-order valence-corrected chi connectivity index (χ3v) is 4.45. The van der Waals surface area contributed by atoms with Crippen molar-refractivity contribution in [3.05, 3.63) is 34.8 Å². The third kappa shape index (κ3) is 4.35. The second-order valence-electron chi connectivity index (χ2n) is 5.18. The molecule has 2 amide bonds. The molecule has 7 heteroatoms. The summed E-state index contributed by atoms with van der Waals surface area (Å²) in [5.74, 6) is 1.65. The molecule has 0 radical (unpaired) electrons. The van der Waals surface area contributed by atoms with Crippen LogP contribution in [0.2, 0.25) is 0 Å². The Kier molecular flexibility index (Phi) is 5.81. The first-order valence-corrected chi connectivity index (χ1v) is 8.07. The molecule has 1 heterocycles. The Morgan fingerprint density at radius 2 is 2.09 bits per heavy atom.